The molecule has 12 aliphatic carbocycles. The Morgan fingerprint density at radius 1 is 0.787 bits per heavy atom. The van der Waals surface area contributed by atoms with Crippen LogP contribution in [-0.4, -0.2) is 57.8 Å². The number of aliphatic hydroxyl groups is 3. The van der Waals surface area contributed by atoms with Gasteiger partial charge in [0.1, 0.15) is 12.7 Å². The first-order valence-electron chi connectivity index (χ1n) is 36.5. The van der Waals surface area contributed by atoms with Gasteiger partial charge in [0.25, 0.3) is 0 Å². The minimum atomic E-state index is -1.57. The number of allylic oxidation sites excluding steroid dienone is 2. The Morgan fingerprint density at radius 3 is 2.37 bits per heavy atom. The molecule has 4 aromatic carbocycles. The van der Waals surface area contributed by atoms with Gasteiger partial charge in [-0.05, 0) is 272 Å². The van der Waals surface area contributed by atoms with Crippen LogP contribution in [0.3, 0.4) is 0 Å². The molecule has 7 heteroatoms. The van der Waals surface area contributed by atoms with E-state index in [1.54, 1.807) is 40.6 Å². The lowest BCUT2D eigenvalue weighted by Crippen LogP contribution is -2.77. The summed E-state index contributed by atoms with van der Waals surface area (Å²) in [6.45, 7) is 8.67. The van der Waals surface area contributed by atoms with Gasteiger partial charge in [-0.15, -0.1) is 0 Å². The van der Waals surface area contributed by atoms with Gasteiger partial charge < -0.3 is 24.8 Å². The molecule has 89 heavy (non-hydrogen) atoms. The van der Waals surface area contributed by atoms with E-state index < -0.39 is 46.6 Å². The molecule has 0 aromatic heterocycles. The number of rotatable bonds is 14. The van der Waals surface area contributed by atoms with Crippen molar-refractivity contribution in [1.29, 1.82) is 0 Å². The molecule has 3 N–H and O–H groups in total. The fourth-order valence-corrected chi connectivity index (χ4v) is 28.3. The predicted molar refractivity (Wildman–Crippen MR) is 350 cm³/mol. The van der Waals surface area contributed by atoms with E-state index in [9.17, 15) is 24.9 Å². The quantitative estimate of drug-likeness (QED) is 0.0851. The monoisotopic (exact) mass is 1200 g/mol. The largest absolute Gasteiger partial charge is 0.462 e. The van der Waals surface area contributed by atoms with Gasteiger partial charge in [-0.1, -0.05) is 156 Å². The van der Waals surface area contributed by atoms with E-state index in [1.807, 2.05) is 5.57 Å². The highest BCUT2D eigenvalue weighted by atomic mass is 16.5. The zero-order valence-electron chi connectivity index (χ0n) is 54.2. The third kappa shape index (κ3) is 7.80. The molecule has 0 unspecified atom stereocenters. The number of esters is 2. The van der Waals surface area contributed by atoms with Crippen molar-refractivity contribution in [2.75, 3.05) is 6.61 Å². The maximum Gasteiger partial charge on any atom is 0.331 e. The number of ether oxygens (including phenoxy) is 2. The highest BCUT2D eigenvalue weighted by Crippen LogP contribution is 2.90. The normalized spacial score (nSPS) is 43.7. The fourth-order valence-electron chi connectivity index (χ4n) is 28.3. The van der Waals surface area contributed by atoms with Crippen molar-refractivity contribution in [2.24, 2.45) is 79.8 Å². The van der Waals surface area contributed by atoms with Crippen LogP contribution < -0.4 is 0 Å². The molecule has 0 saturated heterocycles. The summed E-state index contributed by atoms with van der Waals surface area (Å²) in [5.41, 5.74) is 8.34. The maximum absolute atomic E-state index is 14.6. The SMILES string of the molecule is CC(=O)O[C@@H]1C[C@@H](C)[C@](O)(CCC2=CC(=O)OC2)[C@@]2([C@@H](O)CC[C@H](C)CCCc3ccccc3)[C@@H](O)CC[C@@](C)([C@H]3C[C@H]4c5cccc6ccc7c(c56)[C@@H]5[C@@H](C[C@@]6(c8ccccc8)CCCC[C@@H]76)[C@]67CC[C@]8(C6)[C@@H](CCC86CCCC6)CC6=C[C@H]3C[C@]54[C@H]67)[C@H]12. The number of fused-ring (bicyclic) bond motifs is 5. The molecule has 9 saturated carbocycles. The molecule has 21 atom stereocenters. The van der Waals surface area contributed by atoms with Crippen LogP contribution in [0.25, 0.3) is 10.8 Å². The van der Waals surface area contributed by atoms with Crippen molar-refractivity contribution in [3.8, 4) is 0 Å². The molecule has 0 radical (unpaired) electrons. The maximum atomic E-state index is 14.6. The van der Waals surface area contributed by atoms with Crippen LogP contribution in [0.15, 0.2) is 114 Å². The smallest absolute Gasteiger partial charge is 0.331 e. The van der Waals surface area contributed by atoms with E-state index in [2.05, 4.69) is 118 Å². The number of benzene rings is 4. The first-order valence-corrected chi connectivity index (χ1v) is 36.5. The number of aliphatic hydroxyl groups excluding tert-OH is 2. The first-order chi connectivity index (χ1) is 43.1. The molecule has 9 fully saturated rings. The summed E-state index contributed by atoms with van der Waals surface area (Å²) in [5.74, 6) is 2.10. The Hall–Kier alpha value is -4.56. The first kappa shape index (κ1) is 58.3. The third-order valence-corrected chi connectivity index (χ3v) is 31.0. The van der Waals surface area contributed by atoms with Crippen LogP contribution in [0.5, 0.6) is 0 Å². The Balaban J connectivity index is 0.853. The van der Waals surface area contributed by atoms with Crippen LogP contribution in [0.1, 0.15) is 240 Å². The van der Waals surface area contributed by atoms with Crippen molar-refractivity contribution in [2.45, 2.75) is 248 Å². The van der Waals surface area contributed by atoms with Gasteiger partial charge >= 0.3 is 11.9 Å². The summed E-state index contributed by atoms with van der Waals surface area (Å²) in [6, 6.07) is 35.6. The van der Waals surface area contributed by atoms with E-state index in [0.29, 0.717) is 72.0 Å². The average molecular weight is 1200 g/mol. The minimum absolute atomic E-state index is 0.0368. The molecular weight excluding hydrogens is 1100 g/mol. The zero-order valence-corrected chi connectivity index (χ0v) is 54.2. The molecule has 7 nitrogen and oxygen atoms in total. The molecule has 472 valence electrons. The Labute approximate surface area is 531 Å². The van der Waals surface area contributed by atoms with Crippen LogP contribution >= 0.6 is 0 Å². The van der Waals surface area contributed by atoms with Crippen molar-refractivity contribution >= 4 is 22.7 Å². The number of hydrogen-bond donors (Lipinski definition) is 3. The molecule has 13 aliphatic rings. The van der Waals surface area contributed by atoms with Crippen molar-refractivity contribution in [3.63, 3.8) is 0 Å². The van der Waals surface area contributed by atoms with Crippen molar-refractivity contribution in [1.82, 2.24) is 0 Å². The molecule has 4 spiro atoms. The van der Waals surface area contributed by atoms with E-state index in [4.69, 9.17) is 9.47 Å². The second-order valence-corrected chi connectivity index (χ2v) is 33.8. The zero-order chi connectivity index (χ0) is 60.7. The number of carbonyl (C=O) groups excluding carboxylic acids is 2. The van der Waals surface area contributed by atoms with Crippen LogP contribution in [0, 0.1) is 79.8 Å². The molecule has 4 aromatic rings. The fraction of sp³-hybridized carbons (Fsp3) is 0.659. The second-order valence-electron chi connectivity index (χ2n) is 33.8. The molecule has 1 heterocycles. The van der Waals surface area contributed by atoms with E-state index in [0.717, 1.165) is 56.4 Å². The third-order valence-electron chi connectivity index (χ3n) is 31.0. The number of carbonyl (C=O) groups is 2. The van der Waals surface area contributed by atoms with E-state index in [1.165, 1.54) is 107 Å². The molecule has 17 rings (SSSR count). The van der Waals surface area contributed by atoms with Gasteiger partial charge in [-0.2, -0.15) is 0 Å². The summed E-state index contributed by atoms with van der Waals surface area (Å²) < 4.78 is 12.4. The highest BCUT2D eigenvalue weighted by Gasteiger charge is 2.82. The second kappa shape index (κ2) is 20.7. The van der Waals surface area contributed by atoms with Crippen molar-refractivity contribution < 1.29 is 34.4 Å². The van der Waals surface area contributed by atoms with Crippen LogP contribution in [0.4, 0.5) is 0 Å². The molecule has 0 amide bonds. The van der Waals surface area contributed by atoms with E-state index in [-0.39, 0.29) is 53.0 Å². The van der Waals surface area contributed by atoms with Crippen molar-refractivity contribution in [3.05, 3.63) is 142 Å². The summed E-state index contributed by atoms with van der Waals surface area (Å²) in [7, 11) is 0. The summed E-state index contributed by atoms with van der Waals surface area (Å²) in [4.78, 5) is 26.7. The summed E-state index contributed by atoms with van der Waals surface area (Å²) >= 11 is 0. The van der Waals surface area contributed by atoms with Gasteiger partial charge in [0.15, 0.2) is 0 Å². The Morgan fingerprint density at radius 2 is 1.58 bits per heavy atom. The lowest BCUT2D eigenvalue weighted by Gasteiger charge is -2.72. The molecule has 4 bridgehead atoms. The van der Waals surface area contributed by atoms with Gasteiger partial charge in [0.05, 0.1) is 23.2 Å². The summed E-state index contributed by atoms with van der Waals surface area (Å²) in [6.07, 6.45) is 30.9. The van der Waals surface area contributed by atoms with Gasteiger partial charge in [-0.3, -0.25) is 4.79 Å². The number of hydrogen-bond acceptors (Lipinski definition) is 7. The molecular formula is C82H102O7. The average Bonchev–Trinajstić information content (AvgIpc) is 1.51. The van der Waals surface area contributed by atoms with Gasteiger partial charge in [0, 0.05) is 24.3 Å². The minimum Gasteiger partial charge on any atom is -0.462 e. The Kier molecular flexibility index (Phi) is 13.6. The Bertz CT molecular complexity index is 3530. The summed E-state index contributed by atoms with van der Waals surface area (Å²) in [5, 5.41) is 45.2. The lowest BCUT2D eigenvalue weighted by molar-refractivity contribution is -0.329. The number of cyclic esters (lactones) is 1. The van der Waals surface area contributed by atoms with Crippen LogP contribution in [0.2, 0.25) is 0 Å². The predicted octanol–water partition coefficient (Wildman–Crippen LogP) is 17.3. The molecule has 1 aliphatic heterocycles. The van der Waals surface area contributed by atoms with E-state index >= 15 is 0 Å². The van der Waals surface area contributed by atoms with Gasteiger partial charge in [0.2, 0.25) is 0 Å². The van der Waals surface area contributed by atoms with Gasteiger partial charge in [-0.25, -0.2) is 4.79 Å². The highest BCUT2D eigenvalue weighted by molar-refractivity contribution is 5.93. The lowest BCUT2D eigenvalue weighted by atomic mass is 9.34. The van der Waals surface area contributed by atoms with Crippen LogP contribution in [-0.2, 0) is 30.9 Å². The standard InChI is InChI=1S/C82H102O7/c1-50(17-15-20-53-18-7-5-8-19-53)26-29-67(84)82-68(85)32-36-75(4,74(82)66(89-52(3)83)41-51(2)81(82,87)38-30-54-42-69(86)88-48-54)63-45-64-60-24-16-21-55-27-28-61-62-25-11-12-35-77(62,58-22-9-6-10-23-58)47-65-72(71(61)70(55)60)80(64)46-57(63)43-56-44-59-31-37-76(33-13-14-34-76)79(59)40-39-78(65,49-79)73(56)80/h5-10,16,18-19,21-24,27-28,42-43,50-51,57,59,62-68,72-74,84-85,87H,11-15,17,20,25-26,29-41,44-49H2,1-4H3/t50-,51-,57+,59+,62+,63+,64+,65-,66-,67+,68+,72+,73-,74+,75+,77-,78+,79+,80-,81-,82+/m1/s1. The number of aryl methyl sites for hydroxylation is 1. The topological polar surface area (TPSA) is 113 Å².